The van der Waals surface area contributed by atoms with Crippen molar-refractivity contribution < 1.29 is 17.2 Å². The Morgan fingerprint density at radius 1 is 1.12 bits per heavy atom. The maximum absolute atomic E-state index is 14.3. The van der Waals surface area contributed by atoms with E-state index in [0.717, 1.165) is 18.2 Å². The van der Waals surface area contributed by atoms with E-state index in [1.807, 2.05) is 6.07 Å². The predicted molar refractivity (Wildman–Crippen MR) is 83.6 cm³/mol. The molecule has 0 saturated heterocycles. The van der Waals surface area contributed by atoms with Crippen LogP contribution in [0.25, 0.3) is 0 Å². The Hall–Kier alpha value is -2.30. The van der Waals surface area contributed by atoms with Crippen LogP contribution >= 0.6 is 0 Å². The first-order valence-electron chi connectivity index (χ1n) is 7.26. The monoisotopic (exact) mass is 348 g/mol. The predicted octanol–water partition coefficient (Wildman–Crippen LogP) is 2.63. The summed E-state index contributed by atoms with van der Waals surface area (Å²) in [6.07, 6.45) is 0.0193. The molecule has 0 radical (unpaired) electrons. The SMILES string of the molecule is N#Cc1ccc(S(=O)(=O)C2(c3cc(F)ccc3F)CC(N)C2)cc1. The summed E-state index contributed by atoms with van der Waals surface area (Å²) in [7, 11) is -4.01. The molecule has 7 heteroatoms. The highest BCUT2D eigenvalue weighted by Crippen LogP contribution is 2.51. The van der Waals surface area contributed by atoms with E-state index < -0.39 is 32.3 Å². The minimum absolute atomic E-state index is 0.00963. The van der Waals surface area contributed by atoms with Crippen LogP contribution in [0.15, 0.2) is 47.4 Å². The fraction of sp³-hybridized carbons (Fsp3) is 0.235. The van der Waals surface area contributed by atoms with E-state index in [1.165, 1.54) is 24.3 Å². The summed E-state index contributed by atoms with van der Waals surface area (Å²) >= 11 is 0. The second kappa shape index (κ2) is 5.65. The Labute approximate surface area is 138 Å². The third-order valence-electron chi connectivity index (χ3n) is 4.41. The van der Waals surface area contributed by atoms with Gasteiger partial charge >= 0.3 is 0 Å². The molecule has 0 bridgehead atoms. The number of hydrogen-bond donors (Lipinski definition) is 1. The maximum atomic E-state index is 14.3. The van der Waals surface area contributed by atoms with Gasteiger partial charge in [-0.3, -0.25) is 0 Å². The molecule has 0 unspecified atom stereocenters. The summed E-state index contributed by atoms with van der Waals surface area (Å²) in [5.41, 5.74) is 5.89. The van der Waals surface area contributed by atoms with Crippen molar-refractivity contribution in [3.8, 4) is 6.07 Å². The molecule has 1 aliphatic rings. The second-order valence-electron chi connectivity index (χ2n) is 5.93. The molecule has 2 aromatic rings. The summed E-state index contributed by atoms with van der Waals surface area (Å²) in [5, 5.41) is 8.82. The van der Waals surface area contributed by atoms with Gasteiger partial charge in [-0.2, -0.15) is 5.26 Å². The van der Waals surface area contributed by atoms with Gasteiger partial charge in [0.05, 0.1) is 16.5 Å². The molecular weight excluding hydrogens is 334 g/mol. The molecule has 4 nitrogen and oxygen atoms in total. The zero-order valence-electron chi connectivity index (χ0n) is 12.5. The molecular formula is C17H14F2N2O2S. The Morgan fingerprint density at radius 3 is 2.29 bits per heavy atom. The standard InChI is InChI=1S/C17H14F2N2O2S/c18-12-3-6-16(19)15(7-12)17(8-13(21)9-17)24(22,23)14-4-1-11(10-20)2-5-14/h1-7,13H,8-9,21H2. The summed E-state index contributed by atoms with van der Waals surface area (Å²) in [6, 6.07) is 9.64. The highest BCUT2D eigenvalue weighted by Gasteiger charge is 2.56. The lowest BCUT2D eigenvalue weighted by molar-refractivity contribution is 0.283. The van der Waals surface area contributed by atoms with Crippen molar-refractivity contribution in [3.05, 3.63) is 65.2 Å². The molecule has 3 rings (SSSR count). The number of halogens is 2. The van der Waals surface area contributed by atoms with E-state index in [9.17, 15) is 17.2 Å². The van der Waals surface area contributed by atoms with Gasteiger partial charge in [-0.25, -0.2) is 17.2 Å². The van der Waals surface area contributed by atoms with Crippen LogP contribution in [-0.2, 0) is 14.6 Å². The minimum Gasteiger partial charge on any atom is -0.328 e. The van der Waals surface area contributed by atoms with Crippen LogP contribution in [0.3, 0.4) is 0 Å². The fourth-order valence-corrected chi connectivity index (χ4v) is 5.41. The Bertz CT molecular complexity index is 928. The summed E-state index contributed by atoms with van der Waals surface area (Å²) in [4.78, 5) is -0.0444. The topological polar surface area (TPSA) is 84.0 Å². The summed E-state index contributed by atoms with van der Waals surface area (Å²) in [6.45, 7) is 0. The van der Waals surface area contributed by atoms with Crippen LogP contribution in [0, 0.1) is 23.0 Å². The maximum Gasteiger partial charge on any atom is 0.188 e. The fourth-order valence-electron chi connectivity index (χ4n) is 3.15. The zero-order chi connectivity index (χ0) is 17.5. The average molecular weight is 348 g/mol. The van der Waals surface area contributed by atoms with Gasteiger partial charge in [0.2, 0.25) is 0 Å². The van der Waals surface area contributed by atoms with Crippen LogP contribution in [0.5, 0.6) is 0 Å². The van der Waals surface area contributed by atoms with Crippen LogP contribution in [0.4, 0.5) is 8.78 Å². The number of sulfone groups is 1. The quantitative estimate of drug-likeness (QED) is 0.924. The van der Waals surface area contributed by atoms with E-state index in [4.69, 9.17) is 11.0 Å². The number of nitrogens with zero attached hydrogens (tertiary/aromatic N) is 1. The third kappa shape index (κ3) is 2.39. The normalized spacial score (nSPS) is 23.3. The number of hydrogen-bond acceptors (Lipinski definition) is 4. The molecule has 0 amide bonds. The van der Waals surface area contributed by atoms with E-state index in [-0.39, 0.29) is 23.3 Å². The minimum atomic E-state index is -4.01. The molecule has 2 N–H and O–H groups in total. The van der Waals surface area contributed by atoms with Crippen molar-refractivity contribution in [2.45, 2.75) is 28.5 Å². The number of nitriles is 1. The van der Waals surface area contributed by atoms with Gasteiger partial charge in [0.15, 0.2) is 9.84 Å². The number of nitrogens with two attached hydrogens (primary N) is 1. The van der Waals surface area contributed by atoms with Gasteiger partial charge in [-0.15, -0.1) is 0 Å². The van der Waals surface area contributed by atoms with Crippen molar-refractivity contribution in [1.29, 1.82) is 5.26 Å². The van der Waals surface area contributed by atoms with Gasteiger partial charge < -0.3 is 5.73 Å². The number of rotatable bonds is 3. The van der Waals surface area contributed by atoms with Crippen LogP contribution in [0.2, 0.25) is 0 Å². The second-order valence-corrected chi connectivity index (χ2v) is 8.19. The molecule has 124 valence electrons. The lowest BCUT2D eigenvalue weighted by Crippen LogP contribution is -2.54. The Morgan fingerprint density at radius 2 is 1.75 bits per heavy atom. The average Bonchev–Trinajstić information content (AvgIpc) is 2.54. The largest absolute Gasteiger partial charge is 0.328 e. The van der Waals surface area contributed by atoms with Crippen LogP contribution in [-0.4, -0.2) is 14.5 Å². The molecule has 0 atom stereocenters. The molecule has 2 aromatic carbocycles. The smallest absolute Gasteiger partial charge is 0.188 e. The molecule has 1 fully saturated rings. The molecule has 0 aliphatic heterocycles. The highest BCUT2D eigenvalue weighted by atomic mass is 32.2. The van der Waals surface area contributed by atoms with E-state index in [0.29, 0.717) is 5.56 Å². The van der Waals surface area contributed by atoms with Gasteiger partial charge in [-0.05, 0) is 55.3 Å². The Kier molecular flexibility index (Phi) is 3.90. The van der Waals surface area contributed by atoms with Gasteiger partial charge in [-0.1, -0.05) is 0 Å². The van der Waals surface area contributed by atoms with E-state index in [1.54, 1.807) is 0 Å². The van der Waals surface area contributed by atoms with Crippen molar-refractivity contribution in [1.82, 2.24) is 0 Å². The first kappa shape index (κ1) is 16.6. The van der Waals surface area contributed by atoms with Crippen molar-refractivity contribution >= 4 is 9.84 Å². The molecule has 0 aromatic heterocycles. The summed E-state index contributed by atoms with van der Waals surface area (Å²) < 4.78 is 52.5. The first-order chi connectivity index (χ1) is 11.3. The Balaban J connectivity index is 2.17. The number of benzene rings is 2. The lowest BCUT2D eigenvalue weighted by atomic mass is 9.75. The van der Waals surface area contributed by atoms with E-state index >= 15 is 0 Å². The molecule has 0 heterocycles. The van der Waals surface area contributed by atoms with Gasteiger partial charge in [0.25, 0.3) is 0 Å². The molecule has 0 spiro atoms. The zero-order valence-corrected chi connectivity index (χ0v) is 13.4. The van der Waals surface area contributed by atoms with Crippen LogP contribution in [0.1, 0.15) is 24.0 Å². The summed E-state index contributed by atoms with van der Waals surface area (Å²) in [5.74, 6) is -1.48. The van der Waals surface area contributed by atoms with Crippen molar-refractivity contribution in [3.63, 3.8) is 0 Å². The highest BCUT2D eigenvalue weighted by molar-refractivity contribution is 7.92. The van der Waals surface area contributed by atoms with Crippen LogP contribution < -0.4 is 5.73 Å². The van der Waals surface area contributed by atoms with Gasteiger partial charge in [0.1, 0.15) is 16.4 Å². The third-order valence-corrected chi connectivity index (χ3v) is 6.89. The van der Waals surface area contributed by atoms with Crippen molar-refractivity contribution in [2.75, 3.05) is 0 Å². The molecule has 1 saturated carbocycles. The molecule has 24 heavy (non-hydrogen) atoms. The lowest BCUT2D eigenvalue weighted by Gasteiger charge is -2.45. The van der Waals surface area contributed by atoms with Crippen molar-refractivity contribution in [2.24, 2.45) is 5.73 Å². The van der Waals surface area contributed by atoms with Gasteiger partial charge in [0, 0.05) is 11.6 Å². The van der Waals surface area contributed by atoms with E-state index in [2.05, 4.69) is 0 Å². The first-order valence-corrected chi connectivity index (χ1v) is 8.74. The molecule has 1 aliphatic carbocycles.